The Hall–Kier alpha value is -3.36. The molecule has 0 aliphatic carbocycles. The fourth-order valence-corrected chi connectivity index (χ4v) is 4.26. The molecular formula is C25H29N5O3. The molecule has 0 spiro atoms. The molecule has 5 rings (SSSR count). The van der Waals surface area contributed by atoms with Crippen LogP contribution in [-0.2, 0) is 11.3 Å². The lowest BCUT2D eigenvalue weighted by atomic mass is 10.1. The van der Waals surface area contributed by atoms with E-state index in [0.717, 1.165) is 55.6 Å². The van der Waals surface area contributed by atoms with Crippen molar-refractivity contribution in [2.75, 3.05) is 44.8 Å². The van der Waals surface area contributed by atoms with Crippen LogP contribution in [0.3, 0.4) is 0 Å². The summed E-state index contributed by atoms with van der Waals surface area (Å²) in [5.74, 6) is 2.31. The Morgan fingerprint density at radius 1 is 0.939 bits per heavy atom. The van der Waals surface area contributed by atoms with Gasteiger partial charge >= 0.3 is 0 Å². The van der Waals surface area contributed by atoms with Gasteiger partial charge in [-0.3, -0.25) is 14.6 Å². The van der Waals surface area contributed by atoms with E-state index in [-0.39, 0.29) is 5.91 Å². The van der Waals surface area contributed by atoms with Crippen molar-refractivity contribution in [3.05, 3.63) is 65.4 Å². The fourth-order valence-electron chi connectivity index (χ4n) is 4.26. The maximum atomic E-state index is 12.8. The van der Waals surface area contributed by atoms with E-state index in [9.17, 15) is 4.79 Å². The summed E-state index contributed by atoms with van der Waals surface area (Å²) in [6.07, 6.45) is 0. The number of carbonyl (C=O) groups excluding carboxylic acids is 1. The number of piperazine rings is 1. The van der Waals surface area contributed by atoms with Gasteiger partial charge in [0.2, 0.25) is 12.7 Å². The number of benzene rings is 2. The van der Waals surface area contributed by atoms with Crippen LogP contribution < -0.4 is 14.8 Å². The van der Waals surface area contributed by atoms with Crippen LogP contribution in [0.15, 0.2) is 48.5 Å². The molecule has 1 fully saturated rings. The quantitative estimate of drug-likeness (QED) is 0.627. The number of nitrogens with one attached hydrogen (secondary N) is 1. The Bertz CT molecular complexity index is 1130. The van der Waals surface area contributed by atoms with Crippen LogP contribution in [-0.4, -0.2) is 65.0 Å². The number of rotatable bonds is 6. The second-order valence-electron chi connectivity index (χ2n) is 8.71. The molecule has 1 aromatic heterocycles. The molecule has 0 saturated carbocycles. The molecule has 0 unspecified atom stereocenters. The fraction of sp³-hybridized carbons (Fsp3) is 0.360. The molecule has 2 aliphatic heterocycles. The maximum absolute atomic E-state index is 12.8. The molecule has 172 valence electrons. The summed E-state index contributed by atoms with van der Waals surface area (Å²) in [7, 11) is 0. The summed E-state index contributed by atoms with van der Waals surface area (Å²) in [5, 5.41) is 7.59. The third kappa shape index (κ3) is 5.02. The highest BCUT2D eigenvalue weighted by atomic mass is 16.7. The Kier molecular flexibility index (Phi) is 6.02. The van der Waals surface area contributed by atoms with Crippen LogP contribution >= 0.6 is 0 Å². The topological polar surface area (TPSA) is 71.9 Å². The molecule has 3 aromatic rings. The number of nitrogens with zero attached hydrogens (tertiary/aromatic N) is 4. The Balaban J connectivity index is 1.13. The first-order valence-electron chi connectivity index (χ1n) is 11.3. The molecule has 2 aromatic carbocycles. The van der Waals surface area contributed by atoms with Gasteiger partial charge in [-0.05, 0) is 43.7 Å². The van der Waals surface area contributed by atoms with E-state index in [1.165, 1.54) is 11.1 Å². The molecule has 1 N–H and O–H groups in total. The number of amides is 1. The second-order valence-corrected chi connectivity index (χ2v) is 8.71. The third-order valence-electron chi connectivity index (χ3n) is 6.05. The van der Waals surface area contributed by atoms with Crippen LogP contribution in [0.2, 0.25) is 0 Å². The SMILES string of the molecule is Cc1ccc(-n2nc(C)cc2NC(=O)CN2CCN(Cc3ccc4c(c3)OCO4)CC2)cc1. The van der Waals surface area contributed by atoms with E-state index >= 15 is 0 Å². The summed E-state index contributed by atoms with van der Waals surface area (Å²) in [6, 6.07) is 16.1. The highest BCUT2D eigenvalue weighted by molar-refractivity contribution is 5.91. The number of hydrogen-bond acceptors (Lipinski definition) is 6. The van der Waals surface area contributed by atoms with E-state index in [1.807, 2.05) is 43.3 Å². The Labute approximate surface area is 193 Å². The van der Waals surface area contributed by atoms with Gasteiger partial charge in [-0.15, -0.1) is 0 Å². The Morgan fingerprint density at radius 2 is 1.67 bits per heavy atom. The van der Waals surface area contributed by atoms with Crippen molar-refractivity contribution >= 4 is 11.7 Å². The molecule has 1 amide bonds. The molecule has 33 heavy (non-hydrogen) atoms. The second kappa shape index (κ2) is 9.25. The summed E-state index contributed by atoms with van der Waals surface area (Å²) >= 11 is 0. The van der Waals surface area contributed by atoms with Crippen molar-refractivity contribution in [2.45, 2.75) is 20.4 Å². The molecule has 0 radical (unpaired) electrons. The number of carbonyl (C=O) groups is 1. The highest BCUT2D eigenvalue weighted by Gasteiger charge is 2.21. The largest absolute Gasteiger partial charge is 0.454 e. The molecule has 3 heterocycles. The van der Waals surface area contributed by atoms with Gasteiger partial charge in [0.05, 0.1) is 17.9 Å². The third-order valence-corrected chi connectivity index (χ3v) is 6.05. The summed E-state index contributed by atoms with van der Waals surface area (Å²) in [5.41, 5.74) is 4.19. The van der Waals surface area contributed by atoms with Crippen LogP contribution in [0.5, 0.6) is 11.5 Å². The highest BCUT2D eigenvalue weighted by Crippen LogP contribution is 2.32. The summed E-state index contributed by atoms with van der Waals surface area (Å²) in [6.45, 7) is 9.06. The first-order chi connectivity index (χ1) is 16.0. The Morgan fingerprint density at radius 3 is 2.45 bits per heavy atom. The first kappa shape index (κ1) is 21.5. The minimum Gasteiger partial charge on any atom is -0.454 e. The average molecular weight is 448 g/mol. The average Bonchev–Trinajstić information content (AvgIpc) is 3.41. The van der Waals surface area contributed by atoms with Gasteiger partial charge in [0.1, 0.15) is 5.82 Å². The zero-order chi connectivity index (χ0) is 22.8. The van der Waals surface area contributed by atoms with Crippen molar-refractivity contribution in [3.8, 4) is 17.2 Å². The lowest BCUT2D eigenvalue weighted by Gasteiger charge is -2.34. The molecule has 8 nitrogen and oxygen atoms in total. The van der Waals surface area contributed by atoms with Gasteiger partial charge in [-0.25, -0.2) is 4.68 Å². The van der Waals surface area contributed by atoms with Gasteiger partial charge in [0, 0.05) is 38.8 Å². The van der Waals surface area contributed by atoms with Crippen molar-refractivity contribution in [3.63, 3.8) is 0 Å². The minimum absolute atomic E-state index is 0.0208. The minimum atomic E-state index is -0.0208. The molecule has 2 aliphatic rings. The smallest absolute Gasteiger partial charge is 0.239 e. The van der Waals surface area contributed by atoms with Gasteiger partial charge in [-0.1, -0.05) is 23.8 Å². The first-order valence-corrected chi connectivity index (χ1v) is 11.3. The molecular weight excluding hydrogens is 418 g/mol. The van der Waals surface area contributed by atoms with Gasteiger partial charge in [0.25, 0.3) is 0 Å². The number of fused-ring (bicyclic) bond motifs is 1. The van der Waals surface area contributed by atoms with E-state index in [2.05, 4.69) is 39.3 Å². The monoisotopic (exact) mass is 447 g/mol. The van der Waals surface area contributed by atoms with E-state index in [4.69, 9.17) is 9.47 Å². The number of aryl methyl sites for hydroxylation is 2. The van der Waals surface area contributed by atoms with Gasteiger partial charge < -0.3 is 14.8 Å². The zero-order valence-corrected chi connectivity index (χ0v) is 19.1. The molecule has 0 atom stereocenters. The lowest BCUT2D eigenvalue weighted by Crippen LogP contribution is -2.48. The summed E-state index contributed by atoms with van der Waals surface area (Å²) in [4.78, 5) is 17.4. The van der Waals surface area contributed by atoms with Crippen LogP contribution in [0.1, 0.15) is 16.8 Å². The van der Waals surface area contributed by atoms with E-state index < -0.39 is 0 Å². The number of aromatic nitrogens is 2. The number of ether oxygens (including phenoxy) is 2. The van der Waals surface area contributed by atoms with Crippen molar-refractivity contribution in [1.29, 1.82) is 0 Å². The predicted octanol–water partition coefficient (Wildman–Crippen LogP) is 2.97. The molecule has 0 bridgehead atoms. The van der Waals surface area contributed by atoms with Crippen LogP contribution in [0.4, 0.5) is 5.82 Å². The van der Waals surface area contributed by atoms with Crippen LogP contribution in [0.25, 0.3) is 5.69 Å². The van der Waals surface area contributed by atoms with Crippen molar-refractivity contribution in [2.24, 2.45) is 0 Å². The van der Waals surface area contributed by atoms with E-state index in [0.29, 0.717) is 19.2 Å². The van der Waals surface area contributed by atoms with Gasteiger partial charge in [-0.2, -0.15) is 5.10 Å². The summed E-state index contributed by atoms with van der Waals surface area (Å²) < 4.78 is 12.7. The van der Waals surface area contributed by atoms with Crippen molar-refractivity contribution in [1.82, 2.24) is 19.6 Å². The maximum Gasteiger partial charge on any atom is 0.239 e. The van der Waals surface area contributed by atoms with Crippen LogP contribution in [0, 0.1) is 13.8 Å². The van der Waals surface area contributed by atoms with E-state index in [1.54, 1.807) is 4.68 Å². The predicted molar refractivity (Wildman–Crippen MR) is 126 cm³/mol. The zero-order valence-electron chi connectivity index (χ0n) is 19.1. The standard InChI is InChI=1S/C25H29N5O3/c1-18-3-6-21(7-4-18)30-24(13-19(2)27-30)26-25(31)16-29-11-9-28(10-12-29)15-20-5-8-22-23(14-20)33-17-32-22/h3-8,13-14H,9-12,15-17H2,1-2H3,(H,26,31). The number of hydrogen-bond donors (Lipinski definition) is 1. The molecule has 8 heteroatoms. The normalized spacial score (nSPS) is 16.2. The molecule has 1 saturated heterocycles. The number of anilines is 1. The lowest BCUT2D eigenvalue weighted by molar-refractivity contribution is -0.117. The van der Waals surface area contributed by atoms with Crippen molar-refractivity contribution < 1.29 is 14.3 Å². The van der Waals surface area contributed by atoms with Gasteiger partial charge in [0.15, 0.2) is 11.5 Å².